The molecule has 0 radical (unpaired) electrons. The van der Waals surface area contributed by atoms with Gasteiger partial charge in [-0.3, -0.25) is 14.4 Å². The first kappa shape index (κ1) is 16.8. The molecule has 2 fully saturated rings. The van der Waals surface area contributed by atoms with Gasteiger partial charge in [0, 0.05) is 24.5 Å². The summed E-state index contributed by atoms with van der Waals surface area (Å²) in [5, 5.41) is 3.48. The first-order valence-electron chi connectivity index (χ1n) is 8.04. The fourth-order valence-corrected chi connectivity index (χ4v) is 3.29. The number of hydrogen-bond acceptors (Lipinski definition) is 3. The molecule has 0 aromatic heterocycles. The van der Waals surface area contributed by atoms with E-state index in [2.05, 4.69) is 5.32 Å². The highest BCUT2D eigenvalue weighted by Gasteiger charge is 2.56. The summed E-state index contributed by atoms with van der Waals surface area (Å²) in [4.78, 5) is 37.4. The largest absolute Gasteiger partial charge is 0.369 e. The van der Waals surface area contributed by atoms with Gasteiger partial charge >= 0.3 is 0 Å². The number of rotatable bonds is 6. The first-order chi connectivity index (χ1) is 11.4. The number of nitrogens with two attached hydrogens (primary N) is 1. The highest BCUT2D eigenvalue weighted by atomic mass is 35.5. The maximum absolute atomic E-state index is 12.2. The van der Waals surface area contributed by atoms with Gasteiger partial charge in [0.1, 0.15) is 5.41 Å². The number of benzene rings is 1. The summed E-state index contributed by atoms with van der Waals surface area (Å²) in [6.45, 7) is 1.03. The summed E-state index contributed by atoms with van der Waals surface area (Å²) >= 11 is 5.96. The van der Waals surface area contributed by atoms with Crippen LogP contribution in [0.2, 0.25) is 5.02 Å². The number of primary amides is 1. The molecule has 3 N–H and O–H groups in total. The highest BCUT2D eigenvalue weighted by Crippen LogP contribution is 2.45. The Kier molecular flexibility index (Phi) is 4.49. The molecule has 1 saturated heterocycles. The zero-order chi connectivity index (χ0) is 17.3. The zero-order valence-electron chi connectivity index (χ0n) is 13.3. The van der Waals surface area contributed by atoms with Gasteiger partial charge in [-0.25, -0.2) is 0 Å². The van der Waals surface area contributed by atoms with Gasteiger partial charge in [-0.2, -0.15) is 0 Å². The lowest BCUT2D eigenvalue weighted by Gasteiger charge is -2.18. The van der Waals surface area contributed by atoms with E-state index in [1.54, 1.807) is 4.90 Å². The minimum Gasteiger partial charge on any atom is -0.369 e. The van der Waals surface area contributed by atoms with Crippen LogP contribution in [-0.2, 0) is 20.8 Å². The number of nitrogens with zero attached hydrogens (tertiary/aromatic N) is 1. The lowest BCUT2D eigenvalue weighted by molar-refractivity contribution is -0.135. The Bertz CT molecular complexity index is 687. The molecule has 1 aliphatic carbocycles. The quantitative estimate of drug-likeness (QED) is 0.746. The monoisotopic (exact) mass is 349 g/mol. The SMILES string of the molecule is NC(=O)C1(C(=O)NC2CC(=O)N(CCc3cccc(Cl)c3)C2)CC1. The summed E-state index contributed by atoms with van der Waals surface area (Å²) in [6.07, 6.45) is 1.95. The molecule has 1 atom stereocenters. The van der Waals surface area contributed by atoms with Crippen molar-refractivity contribution in [3.8, 4) is 0 Å². The molecule has 0 bridgehead atoms. The van der Waals surface area contributed by atoms with Crippen molar-refractivity contribution in [1.82, 2.24) is 10.2 Å². The molecule has 2 aliphatic rings. The third-order valence-corrected chi connectivity index (χ3v) is 5.00. The van der Waals surface area contributed by atoms with Crippen molar-refractivity contribution in [3.63, 3.8) is 0 Å². The van der Waals surface area contributed by atoms with Crippen molar-refractivity contribution in [2.75, 3.05) is 13.1 Å². The van der Waals surface area contributed by atoms with E-state index in [-0.39, 0.29) is 24.3 Å². The molecule has 1 unspecified atom stereocenters. The van der Waals surface area contributed by atoms with Crippen molar-refractivity contribution in [1.29, 1.82) is 0 Å². The Hall–Kier alpha value is -2.08. The third-order valence-electron chi connectivity index (χ3n) is 4.77. The molecule has 0 spiro atoms. The molecule has 1 aromatic carbocycles. The normalized spacial score (nSPS) is 21.6. The van der Waals surface area contributed by atoms with Gasteiger partial charge in [-0.15, -0.1) is 0 Å². The smallest absolute Gasteiger partial charge is 0.235 e. The topological polar surface area (TPSA) is 92.5 Å². The number of amides is 3. The molecule has 7 heteroatoms. The number of hydrogen-bond donors (Lipinski definition) is 2. The van der Waals surface area contributed by atoms with E-state index in [1.165, 1.54) is 0 Å². The summed E-state index contributed by atoms with van der Waals surface area (Å²) in [7, 11) is 0. The average molecular weight is 350 g/mol. The molecule has 1 aliphatic heterocycles. The molecule has 1 saturated carbocycles. The minimum atomic E-state index is -1.04. The van der Waals surface area contributed by atoms with Crippen LogP contribution < -0.4 is 11.1 Å². The van der Waals surface area contributed by atoms with Crippen LogP contribution >= 0.6 is 11.6 Å². The summed E-state index contributed by atoms with van der Waals surface area (Å²) in [6, 6.07) is 7.27. The van der Waals surface area contributed by atoms with Crippen molar-refractivity contribution < 1.29 is 14.4 Å². The molecule has 6 nitrogen and oxygen atoms in total. The predicted octanol–water partition coefficient (Wildman–Crippen LogP) is 0.865. The van der Waals surface area contributed by atoms with Gasteiger partial charge in [0.2, 0.25) is 17.7 Å². The Labute approximate surface area is 145 Å². The van der Waals surface area contributed by atoms with E-state index in [0.717, 1.165) is 5.56 Å². The van der Waals surface area contributed by atoms with Gasteiger partial charge in [0.15, 0.2) is 0 Å². The van der Waals surface area contributed by atoms with Crippen molar-refractivity contribution in [2.45, 2.75) is 31.7 Å². The van der Waals surface area contributed by atoms with Crippen molar-refractivity contribution in [3.05, 3.63) is 34.9 Å². The van der Waals surface area contributed by atoms with E-state index in [1.807, 2.05) is 24.3 Å². The zero-order valence-corrected chi connectivity index (χ0v) is 14.0. The second-order valence-electron chi connectivity index (χ2n) is 6.54. The van der Waals surface area contributed by atoms with E-state index in [4.69, 9.17) is 17.3 Å². The Morgan fingerprint density at radius 2 is 2.12 bits per heavy atom. The Morgan fingerprint density at radius 3 is 2.75 bits per heavy atom. The Morgan fingerprint density at radius 1 is 1.38 bits per heavy atom. The van der Waals surface area contributed by atoms with Crippen LogP contribution in [0.3, 0.4) is 0 Å². The molecular formula is C17H20ClN3O3. The standard InChI is InChI=1S/C17H20ClN3O3/c18-12-3-1-2-11(8-12)4-7-21-10-13(9-14(21)22)20-16(24)17(5-6-17)15(19)23/h1-3,8,13H,4-7,9-10H2,(H2,19,23)(H,20,24). The van der Waals surface area contributed by atoms with Crippen LogP contribution in [-0.4, -0.2) is 41.8 Å². The third kappa shape index (κ3) is 3.38. The van der Waals surface area contributed by atoms with Crippen LogP contribution in [0.4, 0.5) is 0 Å². The number of halogens is 1. The van der Waals surface area contributed by atoms with Gasteiger partial charge in [-0.1, -0.05) is 23.7 Å². The van der Waals surface area contributed by atoms with E-state index in [0.29, 0.717) is 37.4 Å². The molecule has 24 heavy (non-hydrogen) atoms. The Balaban J connectivity index is 1.52. The van der Waals surface area contributed by atoms with Crippen LogP contribution in [0.15, 0.2) is 24.3 Å². The lowest BCUT2D eigenvalue weighted by atomic mass is 10.1. The number of likely N-dealkylation sites (tertiary alicyclic amines) is 1. The number of carbonyl (C=O) groups excluding carboxylic acids is 3. The van der Waals surface area contributed by atoms with E-state index < -0.39 is 11.3 Å². The van der Waals surface area contributed by atoms with Gasteiger partial charge < -0.3 is 16.0 Å². The average Bonchev–Trinajstić information content (AvgIpc) is 3.26. The summed E-state index contributed by atoms with van der Waals surface area (Å²) < 4.78 is 0. The summed E-state index contributed by atoms with van der Waals surface area (Å²) in [5.74, 6) is -0.919. The van der Waals surface area contributed by atoms with Gasteiger partial charge in [-0.05, 0) is 37.0 Å². The molecule has 128 valence electrons. The highest BCUT2D eigenvalue weighted by molar-refractivity contribution is 6.30. The molecular weight excluding hydrogens is 330 g/mol. The molecule has 1 heterocycles. The molecule has 3 rings (SSSR count). The van der Waals surface area contributed by atoms with Crippen molar-refractivity contribution in [2.24, 2.45) is 11.1 Å². The second kappa shape index (κ2) is 6.43. The van der Waals surface area contributed by atoms with E-state index >= 15 is 0 Å². The molecule has 3 amide bonds. The molecule has 1 aromatic rings. The lowest BCUT2D eigenvalue weighted by Crippen LogP contribution is -2.45. The van der Waals surface area contributed by atoms with Crippen molar-refractivity contribution >= 4 is 29.3 Å². The predicted molar refractivity (Wildman–Crippen MR) is 89.1 cm³/mol. The van der Waals surface area contributed by atoms with Crippen LogP contribution in [0.1, 0.15) is 24.8 Å². The second-order valence-corrected chi connectivity index (χ2v) is 6.98. The fourth-order valence-electron chi connectivity index (χ4n) is 3.08. The maximum atomic E-state index is 12.2. The minimum absolute atomic E-state index is 0.00579. The van der Waals surface area contributed by atoms with Crippen LogP contribution in [0, 0.1) is 5.41 Å². The van der Waals surface area contributed by atoms with Crippen LogP contribution in [0.5, 0.6) is 0 Å². The van der Waals surface area contributed by atoms with Gasteiger partial charge in [0.25, 0.3) is 0 Å². The first-order valence-corrected chi connectivity index (χ1v) is 8.41. The van der Waals surface area contributed by atoms with E-state index in [9.17, 15) is 14.4 Å². The fraction of sp³-hybridized carbons (Fsp3) is 0.471. The number of carbonyl (C=O) groups is 3. The maximum Gasteiger partial charge on any atom is 0.235 e. The number of nitrogens with one attached hydrogen (secondary N) is 1. The van der Waals surface area contributed by atoms with Gasteiger partial charge in [0.05, 0.1) is 6.04 Å². The summed E-state index contributed by atoms with van der Waals surface area (Å²) in [5.41, 5.74) is 5.32. The van der Waals surface area contributed by atoms with Crippen LogP contribution in [0.25, 0.3) is 0 Å².